The van der Waals surface area contributed by atoms with Gasteiger partial charge in [-0.25, -0.2) is 9.18 Å². The van der Waals surface area contributed by atoms with Gasteiger partial charge in [0, 0.05) is 39.3 Å². The fourth-order valence-electron chi connectivity index (χ4n) is 2.38. The number of hydrogen-bond donors (Lipinski definition) is 1. The van der Waals surface area contributed by atoms with E-state index in [1.54, 1.807) is 4.90 Å². The number of carbonyl (C=O) groups excluding carboxylic acids is 2. The highest BCUT2D eigenvalue weighted by atomic mass is 35.5. The first-order valence-corrected chi connectivity index (χ1v) is 7.67. The van der Waals surface area contributed by atoms with E-state index in [0.717, 1.165) is 19.2 Å². The van der Waals surface area contributed by atoms with Crippen LogP contribution < -0.4 is 5.32 Å². The van der Waals surface area contributed by atoms with Gasteiger partial charge in [0.15, 0.2) is 0 Å². The molecule has 1 aliphatic heterocycles. The van der Waals surface area contributed by atoms with Crippen LogP contribution in [0, 0.1) is 5.82 Å². The van der Waals surface area contributed by atoms with Crippen molar-refractivity contribution in [3.63, 3.8) is 0 Å². The van der Waals surface area contributed by atoms with Gasteiger partial charge in [-0.1, -0.05) is 11.6 Å². The van der Waals surface area contributed by atoms with E-state index in [0.29, 0.717) is 26.2 Å². The molecule has 8 heteroatoms. The molecule has 0 aliphatic carbocycles. The van der Waals surface area contributed by atoms with Crippen LogP contribution in [0.1, 0.15) is 10.4 Å². The summed E-state index contributed by atoms with van der Waals surface area (Å²) in [6.07, 6.45) is -0.316. The molecule has 1 aliphatic rings. The summed E-state index contributed by atoms with van der Waals surface area (Å²) in [5.74, 6) is -0.807. The van der Waals surface area contributed by atoms with Crippen LogP contribution >= 0.6 is 11.6 Å². The first kappa shape index (κ1) is 17.5. The SMILES string of the molecule is COC(=O)N1CCN(CCNC(=O)c2ccc(F)cc2Cl)CC1. The van der Waals surface area contributed by atoms with Gasteiger partial charge in [0.25, 0.3) is 5.91 Å². The smallest absolute Gasteiger partial charge is 0.409 e. The standard InChI is InChI=1S/C15H19ClFN3O3/c1-23-15(22)20-8-6-19(7-9-20)5-4-18-14(21)12-3-2-11(17)10-13(12)16/h2-3,10H,4-9H2,1H3,(H,18,21). The molecule has 1 fully saturated rings. The molecule has 1 heterocycles. The Balaban J connectivity index is 1.73. The lowest BCUT2D eigenvalue weighted by Gasteiger charge is -2.33. The Kier molecular flexibility index (Phi) is 6.18. The molecular formula is C15H19ClFN3O3. The molecule has 1 N–H and O–H groups in total. The predicted molar refractivity (Wildman–Crippen MR) is 84.2 cm³/mol. The van der Waals surface area contributed by atoms with E-state index in [9.17, 15) is 14.0 Å². The van der Waals surface area contributed by atoms with E-state index < -0.39 is 5.82 Å². The molecule has 0 aromatic heterocycles. The van der Waals surface area contributed by atoms with Gasteiger partial charge in [-0.15, -0.1) is 0 Å². The summed E-state index contributed by atoms with van der Waals surface area (Å²) in [4.78, 5) is 27.2. The Bertz CT molecular complexity index is 577. The zero-order valence-corrected chi connectivity index (χ0v) is 13.6. The van der Waals surface area contributed by atoms with Gasteiger partial charge in [0.1, 0.15) is 5.82 Å². The van der Waals surface area contributed by atoms with Gasteiger partial charge in [-0.2, -0.15) is 0 Å². The molecule has 1 saturated heterocycles. The minimum absolute atomic E-state index is 0.0918. The molecule has 0 spiro atoms. The van der Waals surface area contributed by atoms with E-state index >= 15 is 0 Å². The van der Waals surface area contributed by atoms with Gasteiger partial charge in [-0.05, 0) is 18.2 Å². The Morgan fingerprint density at radius 1 is 1.30 bits per heavy atom. The molecule has 1 aromatic carbocycles. The zero-order chi connectivity index (χ0) is 16.8. The van der Waals surface area contributed by atoms with Crippen molar-refractivity contribution in [1.29, 1.82) is 0 Å². The molecule has 0 bridgehead atoms. The summed E-state index contributed by atoms with van der Waals surface area (Å²) in [6.45, 7) is 3.77. The van der Waals surface area contributed by atoms with Crippen LogP contribution in [0.25, 0.3) is 0 Å². The fourth-order valence-corrected chi connectivity index (χ4v) is 2.63. The van der Waals surface area contributed by atoms with Crippen LogP contribution in [-0.4, -0.2) is 68.2 Å². The second-order valence-corrected chi connectivity index (χ2v) is 5.59. The minimum Gasteiger partial charge on any atom is -0.453 e. The highest BCUT2D eigenvalue weighted by Crippen LogP contribution is 2.16. The summed E-state index contributed by atoms with van der Waals surface area (Å²) in [6, 6.07) is 3.68. The molecule has 2 amide bonds. The fraction of sp³-hybridized carbons (Fsp3) is 0.467. The first-order valence-electron chi connectivity index (χ1n) is 7.29. The lowest BCUT2D eigenvalue weighted by molar-refractivity contribution is 0.0885. The molecule has 0 radical (unpaired) electrons. The summed E-state index contributed by atoms with van der Waals surface area (Å²) >= 11 is 5.85. The van der Waals surface area contributed by atoms with Crippen molar-refractivity contribution in [2.45, 2.75) is 0 Å². The first-order chi connectivity index (χ1) is 11.0. The lowest BCUT2D eigenvalue weighted by Crippen LogP contribution is -2.50. The summed E-state index contributed by atoms with van der Waals surface area (Å²) in [7, 11) is 1.37. The maximum absolute atomic E-state index is 13.0. The predicted octanol–water partition coefficient (Wildman–Crippen LogP) is 1.59. The monoisotopic (exact) mass is 343 g/mol. The normalized spacial score (nSPS) is 15.3. The summed E-state index contributed by atoms with van der Waals surface area (Å²) in [5, 5.41) is 2.85. The highest BCUT2D eigenvalue weighted by Gasteiger charge is 2.21. The van der Waals surface area contributed by atoms with Crippen LogP contribution in [-0.2, 0) is 4.74 Å². The number of amides is 2. The maximum Gasteiger partial charge on any atom is 0.409 e. The van der Waals surface area contributed by atoms with Crippen molar-refractivity contribution < 1.29 is 18.7 Å². The van der Waals surface area contributed by atoms with Crippen LogP contribution in [0.3, 0.4) is 0 Å². The van der Waals surface area contributed by atoms with Crippen molar-refractivity contribution >= 4 is 23.6 Å². The van der Waals surface area contributed by atoms with Crippen molar-refractivity contribution in [3.8, 4) is 0 Å². The molecule has 126 valence electrons. The van der Waals surface area contributed by atoms with E-state index in [-0.39, 0.29) is 22.6 Å². The average Bonchev–Trinajstić information content (AvgIpc) is 2.54. The average molecular weight is 344 g/mol. The van der Waals surface area contributed by atoms with Gasteiger partial charge >= 0.3 is 6.09 Å². The number of rotatable bonds is 4. The van der Waals surface area contributed by atoms with Gasteiger partial charge in [0.2, 0.25) is 0 Å². The topological polar surface area (TPSA) is 61.9 Å². The Labute approximate surface area is 139 Å². The highest BCUT2D eigenvalue weighted by molar-refractivity contribution is 6.33. The number of carbonyl (C=O) groups is 2. The molecule has 2 rings (SSSR count). The second-order valence-electron chi connectivity index (χ2n) is 5.18. The number of benzene rings is 1. The van der Waals surface area contributed by atoms with Crippen LogP contribution in [0.4, 0.5) is 9.18 Å². The van der Waals surface area contributed by atoms with E-state index in [1.807, 2.05) is 0 Å². The van der Waals surface area contributed by atoms with Crippen molar-refractivity contribution in [2.24, 2.45) is 0 Å². The number of piperazine rings is 1. The van der Waals surface area contributed by atoms with Gasteiger partial charge in [-0.3, -0.25) is 9.69 Å². The van der Waals surface area contributed by atoms with E-state index in [1.165, 1.54) is 19.2 Å². The number of ether oxygens (including phenoxy) is 1. The molecule has 0 atom stereocenters. The number of nitrogens with zero attached hydrogens (tertiary/aromatic N) is 2. The largest absolute Gasteiger partial charge is 0.453 e. The third kappa shape index (κ3) is 4.80. The van der Waals surface area contributed by atoms with Crippen LogP contribution in [0.15, 0.2) is 18.2 Å². The van der Waals surface area contributed by atoms with Crippen LogP contribution in [0.2, 0.25) is 5.02 Å². The van der Waals surface area contributed by atoms with Crippen molar-refractivity contribution in [2.75, 3.05) is 46.4 Å². The molecule has 0 unspecified atom stereocenters. The minimum atomic E-state index is -0.477. The second kappa shape index (κ2) is 8.12. The Morgan fingerprint density at radius 2 is 2.00 bits per heavy atom. The quantitative estimate of drug-likeness (QED) is 0.902. The van der Waals surface area contributed by atoms with Gasteiger partial charge in [0.05, 0.1) is 17.7 Å². The molecule has 23 heavy (non-hydrogen) atoms. The molecule has 0 saturated carbocycles. The Hall–Kier alpha value is -1.86. The molecule has 6 nitrogen and oxygen atoms in total. The van der Waals surface area contributed by atoms with Crippen LogP contribution in [0.5, 0.6) is 0 Å². The van der Waals surface area contributed by atoms with Crippen molar-refractivity contribution in [1.82, 2.24) is 15.1 Å². The molecule has 1 aromatic rings. The number of halogens is 2. The van der Waals surface area contributed by atoms with E-state index in [2.05, 4.69) is 15.0 Å². The van der Waals surface area contributed by atoms with Gasteiger partial charge < -0.3 is 15.0 Å². The number of nitrogens with one attached hydrogen (secondary N) is 1. The summed E-state index contributed by atoms with van der Waals surface area (Å²) in [5.41, 5.74) is 0.253. The Morgan fingerprint density at radius 3 is 2.61 bits per heavy atom. The number of hydrogen-bond acceptors (Lipinski definition) is 4. The summed E-state index contributed by atoms with van der Waals surface area (Å²) < 4.78 is 17.6. The maximum atomic E-state index is 13.0. The third-order valence-electron chi connectivity index (χ3n) is 3.69. The third-order valence-corrected chi connectivity index (χ3v) is 4.01. The molecular weight excluding hydrogens is 325 g/mol. The lowest BCUT2D eigenvalue weighted by atomic mass is 10.2. The van der Waals surface area contributed by atoms with E-state index in [4.69, 9.17) is 11.6 Å². The number of methoxy groups -OCH3 is 1. The zero-order valence-electron chi connectivity index (χ0n) is 12.8. The van der Waals surface area contributed by atoms with Crippen molar-refractivity contribution in [3.05, 3.63) is 34.6 Å².